The molecule has 4 rings (SSSR count). The van der Waals surface area contributed by atoms with Gasteiger partial charge in [-0.25, -0.2) is 0 Å². The van der Waals surface area contributed by atoms with E-state index in [4.69, 9.17) is 0 Å². The molecule has 4 aromatic rings. The van der Waals surface area contributed by atoms with Crippen molar-refractivity contribution in [1.29, 1.82) is 0 Å². The van der Waals surface area contributed by atoms with Crippen molar-refractivity contribution in [2.24, 2.45) is 10.2 Å². The van der Waals surface area contributed by atoms with E-state index in [1.165, 1.54) is 30.3 Å². The van der Waals surface area contributed by atoms with Crippen LogP contribution >= 0.6 is 0 Å². The summed E-state index contributed by atoms with van der Waals surface area (Å²) in [7, 11) is -4.32. The summed E-state index contributed by atoms with van der Waals surface area (Å²) in [4.78, 5) is -0.216. The van der Waals surface area contributed by atoms with Gasteiger partial charge in [-0.15, -0.1) is 5.75 Å². The molecule has 0 bridgehead atoms. The van der Waals surface area contributed by atoms with Gasteiger partial charge in [0.2, 0.25) is 0 Å². The van der Waals surface area contributed by atoms with Gasteiger partial charge in [0.15, 0.2) is 0 Å². The van der Waals surface area contributed by atoms with Crippen LogP contribution in [0.3, 0.4) is 0 Å². The van der Waals surface area contributed by atoms with Crippen LogP contribution in [0.4, 0.5) is 11.4 Å². The van der Waals surface area contributed by atoms with Crippen LogP contribution in [0.15, 0.2) is 100 Å². The molecule has 0 atom stereocenters. The number of fused-ring (bicyclic) bond motifs is 1. The van der Waals surface area contributed by atoms with Crippen molar-refractivity contribution in [3.05, 3.63) is 84.9 Å². The second-order valence-electron chi connectivity index (χ2n) is 6.38. The van der Waals surface area contributed by atoms with E-state index in [-0.39, 0.29) is 40.2 Å². The fourth-order valence-electron chi connectivity index (χ4n) is 3.05. The van der Waals surface area contributed by atoms with Crippen molar-refractivity contribution in [1.82, 2.24) is 0 Å². The van der Waals surface area contributed by atoms with E-state index in [9.17, 15) is 18.1 Å². The maximum Gasteiger partial charge on any atom is 1.00 e. The van der Waals surface area contributed by atoms with Crippen molar-refractivity contribution in [2.45, 2.75) is 4.90 Å². The fraction of sp³-hybridized carbons (Fsp3) is 0. The zero-order valence-corrected chi connectivity index (χ0v) is 18.9. The molecule has 0 aliphatic carbocycles. The third kappa shape index (κ3) is 4.77. The molecule has 0 aliphatic heterocycles. The van der Waals surface area contributed by atoms with Crippen molar-refractivity contribution in [3.63, 3.8) is 0 Å². The van der Waals surface area contributed by atoms with Gasteiger partial charge in [-0.05, 0) is 58.3 Å². The molecule has 0 fully saturated rings. The molecule has 6 nitrogen and oxygen atoms in total. The summed E-state index contributed by atoms with van der Waals surface area (Å²) in [6, 6.07) is 23.5. The van der Waals surface area contributed by atoms with Gasteiger partial charge < -0.3 is 5.11 Å². The molecular formula is C22H15N2NaO4S. The van der Waals surface area contributed by atoms with E-state index in [1.54, 1.807) is 24.3 Å². The second kappa shape index (κ2) is 9.07. The van der Waals surface area contributed by atoms with Crippen LogP contribution in [0.1, 0.15) is 0 Å². The summed E-state index contributed by atoms with van der Waals surface area (Å²) >= 11 is 0. The van der Waals surface area contributed by atoms with E-state index in [0.29, 0.717) is 27.6 Å². The van der Waals surface area contributed by atoms with E-state index in [0.717, 1.165) is 5.69 Å². The molecule has 1 N–H and O–H groups in total. The predicted molar refractivity (Wildman–Crippen MR) is 109 cm³/mol. The minimum atomic E-state index is -4.32. The van der Waals surface area contributed by atoms with Crippen LogP contribution in [0.5, 0.6) is 5.75 Å². The molecule has 0 aromatic heterocycles. The molecule has 0 radical (unpaired) electrons. The van der Waals surface area contributed by atoms with Crippen molar-refractivity contribution < 1.29 is 47.6 Å². The minimum absolute atomic E-state index is 0. The molecule has 0 saturated carbocycles. The quantitative estimate of drug-likeness (QED) is 0.307. The van der Waals surface area contributed by atoms with Crippen LogP contribution in [0.2, 0.25) is 0 Å². The summed E-state index contributed by atoms with van der Waals surface area (Å²) in [5.74, 6) is -0.184. The van der Waals surface area contributed by atoms with E-state index in [2.05, 4.69) is 10.2 Å². The minimum Gasteiger partial charge on any atom is -0.872 e. The molecule has 0 saturated heterocycles. The Morgan fingerprint density at radius 2 is 1.40 bits per heavy atom. The number of azo groups is 1. The van der Waals surface area contributed by atoms with Gasteiger partial charge in [0.25, 0.3) is 10.1 Å². The predicted octanol–water partition coefficient (Wildman–Crippen LogP) is 2.25. The first kappa shape index (κ1) is 22.1. The smallest absolute Gasteiger partial charge is 0.872 e. The van der Waals surface area contributed by atoms with Gasteiger partial charge in [-0.1, -0.05) is 48.5 Å². The Labute approximate surface area is 196 Å². The summed E-state index contributed by atoms with van der Waals surface area (Å²) in [6.45, 7) is 0. The third-order valence-corrected chi connectivity index (χ3v) is 5.29. The van der Waals surface area contributed by atoms with Crippen LogP contribution < -0.4 is 34.7 Å². The number of rotatable bonds is 4. The standard InChI is InChI=1S/C22H16N2O4S.Na/c25-21-13-8-16-14-19(29(26,27)28)11-12-20(16)22(21)15-6-9-18(10-7-15)24-23-17-4-2-1-3-5-17;/h1-14,25H,(H,26,27,28);/q;+1/p-1. The first-order valence-electron chi connectivity index (χ1n) is 8.70. The molecule has 30 heavy (non-hydrogen) atoms. The van der Waals surface area contributed by atoms with E-state index in [1.807, 2.05) is 30.3 Å². The summed E-state index contributed by atoms with van der Waals surface area (Å²) in [6.07, 6.45) is 0. The zero-order valence-electron chi connectivity index (χ0n) is 16.1. The van der Waals surface area contributed by atoms with Crippen LogP contribution in [-0.2, 0) is 10.1 Å². The van der Waals surface area contributed by atoms with Gasteiger partial charge in [0, 0.05) is 0 Å². The Balaban J connectivity index is 0.00000256. The average Bonchev–Trinajstić information content (AvgIpc) is 2.72. The third-order valence-electron chi connectivity index (χ3n) is 4.44. The summed E-state index contributed by atoms with van der Waals surface area (Å²) in [5.41, 5.74) is 2.51. The second-order valence-corrected chi connectivity index (χ2v) is 7.80. The van der Waals surface area contributed by atoms with E-state index < -0.39 is 10.1 Å². The van der Waals surface area contributed by atoms with Crippen molar-refractivity contribution in [2.75, 3.05) is 0 Å². The molecule has 8 heteroatoms. The van der Waals surface area contributed by atoms with Gasteiger partial charge in [-0.3, -0.25) is 4.55 Å². The number of hydrogen-bond donors (Lipinski definition) is 1. The normalized spacial score (nSPS) is 11.5. The Morgan fingerprint density at radius 1 is 0.767 bits per heavy atom. The molecule has 0 spiro atoms. The number of nitrogens with zero attached hydrogens (tertiary/aromatic N) is 2. The summed E-state index contributed by atoms with van der Waals surface area (Å²) in [5, 5.41) is 22.0. The molecule has 4 aromatic carbocycles. The molecule has 0 unspecified atom stereocenters. The molecule has 0 aliphatic rings. The Hall–Kier alpha value is -2.55. The van der Waals surface area contributed by atoms with Gasteiger partial charge in [0.1, 0.15) is 0 Å². The number of hydrogen-bond acceptors (Lipinski definition) is 5. The topological polar surface area (TPSA) is 102 Å². The number of benzene rings is 4. The zero-order chi connectivity index (χ0) is 20.4. The van der Waals surface area contributed by atoms with Crippen molar-refractivity contribution in [3.8, 4) is 16.9 Å². The average molecular weight is 426 g/mol. The first-order valence-corrected chi connectivity index (χ1v) is 10.1. The Morgan fingerprint density at radius 3 is 2.03 bits per heavy atom. The van der Waals surface area contributed by atoms with Gasteiger partial charge in [0.05, 0.1) is 16.3 Å². The maximum atomic E-state index is 12.5. The Bertz CT molecular complexity index is 1320. The first-order chi connectivity index (χ1) is 13.9. The van der Waals surface area contributed by atoms with Gasteiger partial charge >= 0.3 is 29.6 Å². The van der Waals surface area contributed by atoms with Crippen LogP contribution in [0.25, 0.3) is 21.9 Å². The molecular weight excluding hydrogens is 411 g/mol. The maximum absolute atomic E-state index is 12.5. The molecule has 0 amide bonds. The Kier molecular flexibility index (Phi) is 6.70. The largest absolute Gasteiger partial charge is 1.00 e. The van der Waals surface area contributed by atoms with Crippen LogP contribution in [0, 0.1) is 0 Å². The SMILES string of the molecule is O=S(=O)(O)c1ccc2c(-c3ccc(N=Nc4ccccc4)cc3)c([O-])ccc2c1.[Na+]. The van der Waals surface area contributed by atoms with Crippen LogP contribution in [-0.4, -0.2) is 13.0 Å². The molecule has 0 heterocycles. The summed E-state index contributed by atoms with van der Waals surface area (Å²) < 4.78 is 32.0. The monoisotopic (exact) mass is 426 g/mol. The fourth-order valence-corrected chi connectivity index (χ4v) is 3.57. The molecule has 144 valence electrons. The van der Waals surface area contributed by atoms with Gasteiger partial charge in [-0.2, -0.15) is 18.6 Å². The van der Waals surface area contributed by atoms with Crippen molar-refractivity contribution >= 4 is 32.3 Å². The van der Waals surface area contributed by atoms with E-state index >= 15 is 0 Å².